The van der Waals surface area contributed by atoms with E-state index in [1.165, 1.54) is 1.59 Å². The van der Waals surface area contributed by atoms with Crippen molar-refractivity contribution in [2.45, 2.75) is 0 Å². The number of rotatable bonds is 1. The first kappa shape index (κ1) is 6.94. The molecule has 6 heavy (non-hydrogen) atoms. The second kappa shape index (κ2) is 4.11. The summed E-state index contributed by atoms with van der Waals surface area (Å²) in [7, 11) is 0. The van der Waals surface area contributed by atoms with Crippen molar-refractivity contribution in [2.24, 2.45) is 0 Å². The Kier molecular flexibility index (Phi) is 4.75. The van der Waals surface area contributed by atoms with Gasteiger partial charge in [-0.2, -0.15) is 0 Å². The van der Waals surface area contributed by atoms with Gasteiger partial charge in [0.2, 0.25) is 0 Å². The maximum Gasteiger partial charge on any atom is 0.0514 e. The molecule has 0 aromatic rings. The molecule has 0 saturated carbocycles. The second-order valence-electron chi connectivity index (χ2n) is 0.692. The highest BCUT2D eigenvalue weighted by atomic mass is 127. The van der Waals surface area contributed by atoms with E-state index in [1.54, 1.807) is 6.08 Å². The van der Waals surface area contributed by atoms with E-state index in [2.05, 4.69) is 51.8 Å². The normalized spacial score (nSPS) is 7.00. The predicted molar refractivity (Wildman–Crippen MR) is 46.3 cm³/mol. The quantitative estimate of drug-likeness (QED) is 0.516. The highest BCUT2D eigenvalue weighted by molar-refractivity contribution is 14.2. The summed E-state index contributed by atoms with van der Waals surface area (Å²) in [5.74, 6) is 0. The zero-order valence-corrected chi connectivity index (χ0v) is 7.43. The maximum atomic E-state index is 3.51. The lowest BCUT2D eigenvalue weighted by Crippen LogP contribution is -1.40. The van der Waals surface area contributed by atoms with E-state index in [4.69, 9.17) is 0 Å². The lowest BCUT2D eigenvalue weighted by Gasteiger charge is -1.70. The molecule has 0 aliphatic carbocycles. The molecule has 0 heterocycles. The van der Waals surface area contributed by atoms with Crippen LogP contribution in [0.5, 0.6) is 0 Å². The Morgan fingerprint density at radius 2 is 2.00 bits per heavy atom. The van der Waals surface area contributed by atoms with Crippen LogP contribution in [0.1, 0.15) is 0 Å². The molecule has 0 fully saturated rings. The number of allylic oxidation sites excluding steroid dienone is 2. The van der Waals surface area contributed by atoms with Crippen LogP contribution in [-0.4, -0.2) is 0 Å². The lowest BCUT2D eigenvalue weighted by molar-refractivity contribution is 2.13. The summed E-state index contributed by atoms with van der Waals surface area (Å²) in [5.41, 5.74) is 0. The zero-order chi connectivity index (χ0) is 4.99. The SMILES string of the molecule is C=CC=C(I)I. The van der Waals surface area contributed by atoms with Crippen LogP contribution in [0.2, 0.25) is 0 Å². The molecule has 0 radical (unpaired) electrons. The highest BCUT2D eigenvalue weighted by Gasteiger charge is 1.69. The maximum absolute atomic E-state index is 3.51. The average molecular weight is 306 g/mol. The first-order valence-corrected chi connectivity index (χ1v) is 3.57. The fourth-order valence-electron chi connectivity index (χ4n) is 0.0891. The van der Waals surface area contributed by atoms with Crippen molar-refractivity contribution in [1.29, 1.82) is 0 Å². The number of halogens is 2. The molecular formula is C4H4I2. The molecular weight excluding hydrogens is 302 g/mol. The largest absolute Gasteiger partial charge is 0.0990 e. The first-order chi connectivity index (χ1) is 2.77. The van der Waals surface area contributed by atoms with Gasteiger partial charge in [0.05, 0.1) is 1.59 Å². The molecule has 0 atom stereocenters. The minimum absolute atomic E-state index is 1.24. The van der Waals surface area contributed by atoms with Crippen LogP contribution in [-0.2, 0) is 0 Å². The summed E-state index contributed by atoms with van der Waals surface area (Å²) < 4.78 is 1.24. The van der Waals surface area contributed by atoms with E-state index < -0.39 is 0 Å². The summed E-state index contributed by atoms with van der Waals surface area (Å²) in [5, 5.41) is 0. The van der Waals surface area contributed by atoms with Gasteiger partial charge in [0.15, 0.2) is 0 Å². The van der Waals surface area contributed by atoms with Crippen molar-refractivity contribution in [3.63, 3.8) is 0 Å². The van der Waals surface area contributed by atoms with E-state index in [0.717, 1.165) is 0 Å². The Bertz CT molecular complexity index is 69.6. The summed E-state index contributed by atoms with van der Waals surface area (Å²) in [4.78, 5) is 0. The van der Waals surface area contributed by atoms with Gasteiger partial charge < -0.3 is 0 Å². The Labute approximate surface area is 65.0 Å². The van der Waals surface area contributed by atoms with Gasteiger partial charge in [-0.3, -0.25) is 0 Å². The molecule has 0 aliphatic heterocycles. The van der Waals surface area contributed by atoms with Crippen LogP contribution >= 0.6 is 45.2 Å². The molecule has 2 heteroatoms. The molecule has 0 nitrogen and oxygen atoms in total. The van der Waals surface area contributed by atoms with Crippen LogP contribution in [0, 0.1) is 0 Å². The molecule has 0 aromatic carbocycles. The Hall–Kier alpha value is 0.940. The van der Waals surface area contributed by atoms with Gasteiger partial charge >= 0.3 is 0 Å². The van der Waals surface area contributed by atoms with Crippen LogP contribution in [0.25, 0.3) is 0 Å². The van der Waals surface area contributed by atoms with Crippen molar-refractivity contribution in [3.05, 3.63) is 20.3 Å². The molecule has 34 valence electrons. The number of hydrogen-bond acceptors (Lipinski definition) is 0. The van der Waals surface area contributed by atoms with Gasteiger partial charge in [0.25, 0.3) is 0 Å². The van der Waals surface area contributed by atoms with Crippen LogP contribution < -0.4 is 0 Å². The van der Waals surface area contributed by atoms with Gasteiger partial charge in [-0.05, 0) is 51.3 Å². The van der Waals surface area contributed by atoms with Crippen LogP contribution in [0.4, 0.5) is 0 Å². The van der Waals surface area contributed by atoms with E-state index in [1.807, 2.05) is 6.08 Å². The van der Waals surface area contributed by atoms with Crippen molar-refractivity contribution >= 4 is 45.2 Å². The van der Waals surface area contributed by atoms with Crippen molar-refractivity contribution < 1.29 is 0 Å². The Morgan fingerprint density at radius 3 is 2.00 bits per heavy atom. The topological polar surface area (TPSA) is 0 Å². The minimum Gasteiger partial charge on any atom is -0.0990 e. The van der Waals surface area contributed by atoms with Gasteiger partial charge in [-0.25, -0.2) is 0 Å². The summed E-state index contributed by atoms with van der Waals surface area (Å²) >= 11 is 4.44. The fraction of sp³-hybridized carbons (Fsp3) is 0. The van der Waals surface area contributed by atoms with Gasteiger partial charge in [-0.15, -0.1) is 0 Å². The van der Waals surface area contributed by atoms with Crippen molar-refractivity contribution in [3.8, 4) is 0 Å². The summed E-state index contributed by atoms with van der Waals surface area (Å²) in [6.07, 6.45) is 3.72. The Morgan fingerprint density at radius 1 is 1.50 bits per heavy atom. The van der Waals surface area contributed by atoms with E-state index in [0.29, 0.717) is 0 Å². The van der Waals surface area contributed by atoms with Gasteiger partial charge in [0, 0.05) is 0 Å². The standard InChI is InChI=1S/C4H4I2/c1-2-3-4(5)6/h2-3H,1H2. The third kappa shape index (κ3) is 4.94. The minimum atomic E-state index is 1.24. The smallest absolute Gasteiger partial charge is 0.0514 e. The monoisotopic (exact) mass is 306 g/mol. The first-order valence-electron chi connectivity index (χ1n) is 1.41. The van der Waals surface area contributed by atoms with E-state index >= 15 is 0 Å². The number of hydrogen-bond donors (Lipinski definition) is 0. The van der Waals surface area contributed by atoms with E-state index in [9.17, 15) is 0 Å². The third-order valence-corrected chi connectivity index (χ3v) is 0.963. The van der Waals surface area contributed by atoms with Crippen LogP contribution in [0.15, 0.2) is 20.3 Å². The highest BCUT2D eigenvalue weighted by Crippen LogP contribution is 2.13. The fourth-order valence-corrected chi connectivity index (χ4v) is 0.598. The third-order valence-electron chi connectivity index (χ3n) is 0.244. The summed E-state index contributed by atoms with van der Waals surface area (Å²) in [6, 6.07) is 0. The zero-order valence-electron chi connectivity index (χ0n) is 3.12. The van der Waals surface area contributed by atoms with Crippen molar-refractivity contribution in [1.82, 2.24) is 0 Å². The molecule has 0 unspecified atom stereocenters. The molecule has 0 rings (SSSR count). The molecule has 0 aromatic heterocycles. The predicted octanol–water partition coefficient (Wildman–Crippen LogP) is 2.88. The van der Waals surface area contributed by atoms with Gasteiger partial charge in [-0.1, -0.05) is 12.7 Å². The van der Waals surface area contributed by atoms with E-state index in [-0.39, 0.29) is 0 Å². The summed E-state index contributed by atoms with van der Waals surface area (Å²) in [6.45, 7) is 3.51. The molecule has 0 amide bonds. The Balaban J connectivity index is 3.41. The molecule has 0 bridgehead atoms. The van der Waals surface area contributed by atoms with Crippen molar-refractivity contribution in [2.75, 3.05) is 0 Å². The second-order valence-corrected chi connectivity index (χ2v) is 5.08. The molecule has 0 saturated heterocycles. The van der Waals surface area contributed by atoms with Gasteiger partial charge in [0.1, 0.15) is 0 Å². The lowest BCUT2D eigenvalue weighted by atomic mass is 10.6. The van der Waals surface area contributed by atoms with Crippen LogP contribution in [0.3, 0.4) is 0 Å². The molecule has 0 N–H and O–H groups in total. The average Bonchev–Trinajstić information content (AvgIpc) is 1.35. The molecule has 0 aliphatic rings. The molecule has 0 spiro atoms.